The van der Waals surface area contributed by atoms with Crippen LogP contribution in [0.15, 0.2) is 47.3 Å². The van der Waals surface area contributed by atoms with Gasteiger partial charge in [-0.3, -0.25) is 19.7 Å². The molecule has 35 heavy (non-hydrogen) atoms. The molecule has 0 radical (unpaired) electrons. The third-order valence-electron chi connectivity index (χ3n) is 7.00. The van der Waals surface area contributed by atoms with Crippen LogP contribution in [0.3, 0.4) is 0 Å². The van der Waals surface area contributed by atoms with Gasteiger partial charge in [0.05, 0.1) is 16.0 Å². The number of likely N-dealkylation sites (tertiary alicyclic amines) is 1. The number of nitrogens with zero attached hydrogens (tertiary/aromatic N) is 5. The zero-order valence-electron chi connectivity index (χ0n) is 19.7. The molecule has 0 saturated carbocycles. The van der Waals surface area contributed by atoms with Crippen molar-refractivity contribution in [3.63, 3.8) is 0 Å². The fraction of sp³-hybridized carbons (Fsp3) is 0.423. The van der Waals surface area contributed by atoms with E-state index in [9.17, 15) is 19.7 Å². The molecule has 0 atom stereocenters. The zero-order valence-corrected chi connectivity index (χ0v) is 19.7. The lowest BCUT2D eigenvalue weighted by Gasteiger charge is -2.28. The first-order valence-corrected chi connectivity index (χ1v) is 12.3. The van der Waals surface area contributed by atoms with Gasteiger partial charge in [0, 0.05) is 43.2 Å². The fourth-order valence-electron chi connectivity index (χ4n) is 5.15. The smallest absolute Gasteiger partial charge is 0.293 e. The highest BCUT2D eigenvalue weighted by molar-refractivity contribution is 5.94. The molecule has 9 nitrogen and oxygen atoms in total. The molecule has 0 N–H and O–H groups in total. The van der Waals surface area contributed by atoms with Gasteiger partial charge in [-0.25, -0.2) is 4.68 Å². The van der Waals surface area contributed by atoms with Gasteiger partial charge in [-0.1, -0.05) is 24.3 Å². The highest BCUT2D eigenvalue weighted by atomic mass is 16.6. The molecule has 3 aromatic rings. The van der Waals surface area contributed by atoms with Crippen LogP contribution in [0.2, 0.25) is 0 Å². The standard InChI is InChI=1S/C26H29N5O4/c32-24(29-15-7-2-8-16-29)18-30-26(33)21-10-4-3-9-20(21)25(27-30)19-11-12-22(23(17-19)31(34)35)28-13-5-1-6-14-28/h3-4,9-12,17H,1-2,5-8,13-16,18H2. The number of amides is 1. The SMILES string of the molecule is O=C(Cn1nc(-c2ccc(N3CCCCC3)c([N+](=O)[O-])c2)c2ccccc2c1=O)N1CCCCC1. The van der Waals surface area contributed by atoms with Crippen molar-refractivity contribution in [1.82, 2.24) is 14.7 Å². The van der Waals surface area contributed by atoms with Crippen LogP contribution in [0, 0.1) is 10.1 Å². The van der Waals surface area contributed by atoms with Crippen LogP contribution in [0.4, 0.5) is 11.4 Å². The van der Waals surface area contributed by atoms with Gasteiger partial charge in [0.25, 0.3) is 11.2 Å². The Balaban J connectivity index is 1.58. The number of aromatic nitrogens is 2. The second-order valence-corrected chi connectivity index (χ2v) is 9.31. The van der Waals surface area contributed by atoms with Crippen molar-refractivity contribution in [2.24, 2.45) is 0 Å². The number of carbonyl (C=O) groups is 1. The molecule has 9 heteroatoms. The molecular formula is C26H29N5O4. The van der Waals surface area contributed by atoms with E-state index in [4.69, 9.17) is 0 Å². The summed E-state index contributed by atoms with van der Waals surface area (Å²) in [6.45, 7) is 2.83. The first-order chi connectivity index (χ1) is 17.0. The maximum Gasteiger partial charge on any atom is 0.293 e. The summed E-state index contributed by atoms with van der Waals surface area (Å²) in [5.74, 6) is -0.132. The maximum absolute atomic E-state index is 13.2. The van der Waals surface area contributed by atoms with Crippen LogP contribution in [0.25, 0.3) is 22.0 Å². The molecule has 2 fully saturated rings. The van der Waals surface area contributed by atoms with Gasteiger partial charge in [0.2, 0.25) is 5.91 Å². The van der Waals surface area contributed by atoms with Gasteiger partial charge in [-0.2, -0.15) is 5.10 Å². The van der Waals surface area contributed by atoms with Gasteiger partial charge in [-0.15, -0.1) is 0 Å². The number of anilines is 1. The third kappa shape index (κ3) is 4.62. The Morgan fingerprint density at radius 2 is 1.57 bits per heavy atom. The first kappa shape index (κ1) is 23.0. The molecule has 3 heterocycles. The molecule has 0 bridgehead atoms. The minimum atomic E-state index is -0.356. The lowest BCUT2D eigenvalue weighted by molar-refractivity contribution is -0.384. The van der Waals surface area contributed by atoms with Crippen molar-refractivity contribution in [2.45, 2.75) is 45.1 Å². The summed E-state index contributed by atoms with van der Waals surface area (Å²) in [6, 6.07) is 12.2. The fourth-order valence-corrected chi connectivity index (χ4v) is 5.15. The van der Waals surface area contributed by atoms with Crippen molar-refractivity contribution in [2.75, 3.05) is 31.1 Å². The maximum atomic E-state index is 13.2. The van der Waals surface area contributed by atoms with Gasteiger partial charge in [0.1, 0.15) is 12.2 Å². The Kier molecular flexibility index (Phi) is 6.48. The van der Waals surface area contributed by atoms with Crippen LogP contribution < -0.4 is 10.5 Å². The molecule has 5 rings (SSSR count). The van der Waals surface area contributed by atoms with E-state index < -0.39 is 0 Å². The minimum absolute atomic E-state index is 0.0254. The minimum Gasteiger partial charge on any atom is -0.366 e. The van der Waals surface area contributed by atoms with Crippen molar-refractivity contribution < 1.29 is 9.72 Å². The van der Waals surface area contributed by atoms with Gasteiger partial charge in [-0.05, 0) is 50.7 Å². The van der Waals surface area contributed by atoms with Gasteiger partial charge < -0.3 is 9.80 Å². The van der Waals surface area contributed by atoms with E-state index in [-0.39, 0.29) is 28.6 Å². The molecule has 1 aromatic heterocycles. The number of rotatable bonds is 5. The molecule has 0 spiro atoms. The highest BCUT2D eigenvalue weighted by Crippen LogP contribution is 2.35. The molecule has 2 aliphatic heterocycles. The van der Waals surface area contributed by atoms with E-state index in [1.54, 1.807) is 35.2 Å². The number of piperidine rings is 2. The molecule has 0 aliphatic carbocycles. The summed E-state index contributed by atoms with van der Waals surface area (Å²) in [5.41, 5.74) is 1.30. The molecule has 2 aliphatic rings. The number of carbonyl (C=O) groups excluding carboxylic acids is 1. The quantitative estimate of drug-likeness (QED) is 0.409. The lowest BCUT2D eigenvalue weighted by Crippen LogP contribution is -2.40. The largest absolute Gasteiger partial charge is 0.366 e. The molecule has 2 aromatic carbocycles. The number of nitro benzene ring substituents is 1. The van der Waals surface area contributed by atoms with E-state index in [0.29, 0.717) is 40.8 Å². The number of hydrogen-bond acceptors (Lipinski definition) is 6. The summed E-state index contributed by atoms with van der Waals surface area (Å²) in [6.07, 6.45) is 6.20. The molecule has 182 valence electrons. The predicted octanol–water partition coefficient (Wildman–Crippen LogP) is 3.97. The first-order valence-electron chi connectivity index (χ1n) is 12.3. The predicted molar refractivity (Wildman–Crippen MR) is 135 cm³/mol. The van der Waals surface area contributed by atoms with Crippen molar-refractivity contribution in [3.05, 3.63) is 62.9 Å². The Labute approximate surface area is 203 Å². The van der Waals surface area contributed by atoms with Crippen molar-refractivity contribution in [1.29, 1.82) is 0 Å². The van der Waals surface area contributed by atoms with Crippen LogP contribution in [0.5, 0.6) is 0 Å². The number of fused-ring (bicyclic) bond motifs is 1. The topological polar surface area (TPSA) is 102 Å². The van der Waals surface area contributed by atoms with E-state index in [0.717, 1.165) is 51.6 Å². The van der Waals surface area contributed by atoms with E-state index in [1.807, 2.05) is 12.1 Å². The zero-order chi connectivity index (χ0) is 24.4. The number of hydrogen-bond donors (Lipinski definition) is 0. The van der Waals surface area contributed by atoms with Gasteiger partial charge >= 0.3 is 0 Å². The average Bonchev–Trinajstić information content (AvgIpc) is 2.91. The Bertz CT molecular complexity index is 1320. The van der Waals surface area contributed by atoms with Gasteiger partial charge in [0.15, 0.2) is 0 Å². The second kappa shape index (κ2) is 9.85. The number of benzene rings is 2. The summed E-state index contributed by atoms with van der Waals surface area (Å²) < 4.78 is 1.21. The normalized spacial score (nSPS) is 16.5. The van der Waals surface area contributed by atoms with Crippen LogP contribution >= 0.6 is 0 Å². The summed E-state index contributed by atoms with van der Waals surface area (Å²) >= 11 is 0. The molecule has 1 amide bonds. The lowest BCUT2D eigenvalue weighted by atomic mass is 10.0. The van der Waals surface area contributed by atoms with Crippen LogP contribution in [0.1, 0.15) is 38.5 Å². The Morgan fingerprint density at radius 1 is 0.914 bits per heavy atom. The molecule has 2 saturated heterocycles. The highest BCUT2D eigenvalue weighted by Gasteiger charge is 2.24. The Morgan fingerprint density at radius 3 is 2.26 bits per heavy atom. The van der Waals surface area contributed by atoms with Crippen molar-refractivity contribution in [3.8, 4) is 11.3 Å². The second-order valence-electron chi connectivity index (χ2n) is 9.31. The van der Waals surface area contributed by atoms with Crippen LogP contribution in [-0.4, -0.2) is 51.7 Å². The Hall–Kier alpha value is -3.75. The average molecular weight is 476 g/mol. The summed E-state index contributed by atoms with van der Waals surface area (Å²) in [5, 5.41) is 17.6. The molecular weight excluding hydrogens is 446 g/mol. The van der Waals surface area contributed by atoms with Crippen LogP contribution in [-0.2, 0) is 11.3 Å². The van der Waals surface area contributed by atoms with E-state index >= 15 is 0 Å². The van der Waals surface area contributed by atoms with Crippen molar-refractivity contribution >= 4 is 28.1 Å². The third-order valence-corrected chi connectivity index (χ3v) is 7.00. The monoisotopic (exact) mass is 475 g/mol. The summed E-state index contributed by atoms with van der Waals surface area (Å²) in [7, 11) is 0. The number of nitro groups is 1. The van der Waals surface area contributed by atoms with E-state index in [2.05, 4.69) is 10.00 Å². The molecule has 0 unspecified atom stereocenters. The summed E-state index contributed by atoms with van der Waals surface area (Å²) in [4.78, 5) is 41.6. The van der Waals surface area contributed by atoms with E-state index in [1.165, 1.54) is 4.68 Å².